The summed E-state index contributed by atoms with van der Waals surface area (Å²) >= 11 is 0. The van der Waals surface area contributed by atoms with Crippen LogP contribution in [0.1, 0.15) is 58.8 Å². The van der Waals surface area contributed by atoms with Crippen molar-refractivity contribution in [3.8, 4) is 0 Å². The lowest BCUT2D eigenvalue weighted by Crippen LogP contribution is -2.53. The third-order valence-corrected chi connectivity index (χ3v) is 6.65. The van der Waals surface area contributed by atoms with Gasteiger partial charge in [0.25, 0.3) is 0 Å². The SMILES string of the molecule is CC(C)C1CCC(N2CCN(C(=O)C3CCC(N)C3)CC2)CC1.Cl.Cl. The van der Waals surface area contributed by atoms with E-state index < -0.39 is 0 Å². The summed E-state index contributed by atoms with van der Waals surface area (Å²) in [7, 11) is 0. The molecule has 2 atom stereocenters. The second kappa shape index (κ2) is 10.3. The first kappa shape index (κ1) is 23.0. The van der Waals surface area contributed by atoms with Crippen molar-refractivity contribution >= 4 is 30.7 Å². The average molecular weight is 394 g/mol. The van der Waals surface area contributed by atoms with Crippen molar-refractivity contribution in [3.05, 3.63) is 0 Å². The Morgan fingerprint density at radius 1 is 0.920 bits per heavy atom. The molecule has 25 heavy (non-hydrogen) atoms. The van der Waals surface area contributed by atoms with Gasteiger partial charge in [0.15, 0.2) is 0 Å². The van der Waals surface area contributed by atoms with E-state index in [2.05, 4.69) is 23.6 Å². The molecular weight excluding hydrogens is 357 g/mol. The minimum atomic E-state index is 0. The molecular formula is C19H37Cl2N3O. The predicted octanol–water partition coefficient (Wildman–Crippen LogP) is 3.32. The first-order valence-electron chi connectivity index (χ1n) is 9.83. The van der Waals surface area contributed by atoms with Crippen molar-refractivity contribution in [3.63, 3.8) is 0 Å². The molecule has 3 fully saturated rings. The summed E-state index contributed by atoms with van der Waals surface area (Å²) in [6.45, 7) is 8.72. The van der Waals surface area contributed by atoms with E-state index in [1.807, 2.05) is 0 Å². The molecule has 0 aromatic carbocycles. The molecule has 4 nitrogen and oxygen atoms in total. The van der Waals surface area contributed by atoms with Crippen LogP contribution in [-0.2, 0) is 4.79 Å². The van der Waals surface area contributed by atoms with Crippen LogP contribution < -0.4 is 5.73 Å². The topological polar surface area (TPSA) is 49.6 Å². The lowest BCUT2D eigenvalue weighted by molar-refractivity contribution is -0.137. The van der Waals surface area contributed by atoms with Crippen molar-refractivity contribution in [1.82, 2.24) is 9.80 Å². The van der Waals surface area contributed by atoms with Gasteiger partial charge in [-0.05, 0) is 56.8 Å². The smallest absolute Gasteiger partial charge is 0.225 e. The van der Waals surface area contributed by atoms with Crippen molar-refractivity contribution < 1.29 is 4.79 Å². The van der Waals surface area contributed by atoms with Crippen LogP contribution >= 0.6 is 24.8 Å². The predicted molar refractivity (Wildman–Crippen MR) is 109 cm³/mol. The molecule has 0 aromatic heterocycles. The van der Waals surface area contributed by atoms with E-state index in [9.17, 15) is 4.79 Å². The Labute approximate surface area is 166 Å². The van der Waals surface area contributed by atoms with E-state index in [0.29, 0.717) is 5.91 Å². The maximum Gasteiger partial charge on any atom is 0.225 e. The molecule has 0 aromatic rings. The van der Waals surface area contributed by atoms with Crippen LogP contribution in [0.25, 0.3) is 0 Å². The third kappa shape index (κ3) is 5.72. The van der Waals surface area contributed by atoms with Crippen molar-refractivity contribution in [1.29, 1.82) is 0 Å². The van der Waals surface area contributed by atoms with E-state index in [4.69, 9.17) is 5.73 Å². The van der Waals surface area contributed by atoms with Crippen LogP contribution in [0.2, 0.25) is 0 Å². The zero-order chi connectivity index (χ0) is 16.4. The standard InChI is InChI=1S/C19H35N3O.2ClH/c1-14(2)15-4-7-18(8-5-15)21-9-11-22(12-10-21)19(23)16-3-6-17(20)13-16;;/h14-18H,3-13,20H2,1-2H3;2*1H. The van der Waals surface area contributed by atoms with Gasteiger partial charge in [0.2, 0.25) is 5.91 Å². The van der Waals surface area contributed by atoms with Gasteiger partial charge in [-0.15, -0.1) is 24.8 Å². The van der Waals surface area contributed by atoms with Gasteiger partial charge < -0.3 is 10.6 Å². The highest BCUT2D eigenvalue weighted by molar-refractivity contribution is 5.85. The fourth-order valence-corrected chi connectivity index (χ4v) is 4.94. The number of hydrogen-bond acceptors (Lipinski definition) is 3. The fraction of sp³-hybridized carbons (Fsp3) is 0.947. The maximum absolute atomic E-state index is 12.6. The average Bonchev–Trinajstić information content (AvgIpc) is 3.01. The minimum Gasteiger partial charge on any atom is -0.340 e. The van der Waals surface area contributed by atoms with E-state index >= 15 is 0 Å². The highest BCUT2D eigenvalue weighted by Gasteiger charge is 2.34. The Balaban J connectivity index is 0.00000156. The zero-order valence-corrected chi connectivity index (χ0v) is 17.5. The summed E-state index contributed by atoms with van der Waals surface area (Å²) in [6.07, 6.45) is 8.42. The van der Waals surface area contributed by atoms with Gasteiger partial charge in [-0.3, -0.25) is 9.69 Å². The summed E-state index contributed by atoms with van der Waals surface area (Å²) in [5.74, 6) is 2.35. The van der Waals surface area contributed by atoms with Gasteiger partial charge in [0.05, 0.1) is 0 Å². The highest BCUT2D eigenvalue weighted by Crippen LogP contribution is 2.33. The quantitative estimate of drug-likeness (QED) is 0.799. The van der Waals surface area contributed by atoms with Crippen LogP contribution in [0, 0.1) is 17.8 Å². The van der Waals surface area contributed by atoms with Crippen molar-refractivity contribution in [2.45, 2.75) is 70.9 Å². The van der Waals surface area contributed by atoms with E-state index in [1.54, 1.807) is 0 Å². The number of amides is 1. The molecule has 0 bridgehead atoms. The van der Waals surface area contributed by atoms with E-state index in [1.165, 1.54) is 25.7 Å². The van der Waals surface area contributed by atoms with Crippen LogP contribution in [0.3, 0.4) is 0 Å². The number of hydrogen-bond donors (Lipinski definition) is 1. The van der Waals surface area contributed by atoms with E-state index in [0.717, 1.165) is 63.3 Å². The maximum atomic E-state index is 12.6. The summed E-state index contributed by atoms with van der Waals surface area (Å²) in [5.41, 5.74) is 5.97. The zero-order valence-electron chi connectivity index (χ0n) is 15.9. The molecule has 6 heteroatoms. The molecule has 1 amide bonds. The molecule has 1 saturated heterocycles. The highest BCUT2D eigenvalue weighted by atomic mass is 35.5. The number of nitrogens with zero attached hydrogens (tertiary/aromatic N) is 2. The second-order valence-corrected chi connectivity index (χ2v) is 8.44. The molecule has 2 saturated carbocycles. The van der Waals surface area contributed by atoms with Gasteiger partial charge in [0, 0.05) is 44.2 Å². The van der Waals surface area contributed by atoms with Crippen LogP contribution in [0.4, 0.5) is 0 Å². The molecule has 2 unspecified atom stereocenters. The summed E-state index contributed by atoms with van der Waals surface area (Å²) in [4.78, 5) is 17.4. The van der Waals surface area contributed by atoms with Crippen molar-refractivity contribution in [2.24, 2.45) is 23.5 Å². The van der Waals surface area contributed by atoms with Gasteiger partial charge in [0.1, 0.15) is 0 Å². The molecule has 3 rings (SSSR count). The first-order valence-corrected chi connectivity index (χ1v) is 9.83. The van der Waals surface area contributed by atoms with E-state index in [-0.39, 0.29) is 36.8 Å². The Bertz CT molecular complexity index is 405. The Morgan fingerprint density at radius 3 is 2.00 bits per heavy atom. The second-order valence-electron chi connectivity index (χ2n) is 8.44. The van der Waals surface area contributed by atoms with Gasteiger partial charge in [-0.25, -0.2) is 0 Å². The van der Waals surface area contributed by atoms with Gasteiger partial charge in [-0.1, -0.05) is 13.8 Å². The fourth-order valence-electron chi connectivity index (χ4n) is 4.94. The molecule has 1 aliphatic heterocycles. The first-order chi connectivity index (χ1) is 11.0. The monoisotopic (exact) mass is 393 g/mol. The number of piperazine rings is 1. The Morgan fingerprint density at radius 2 is 1.52 bits per heavy atom. The van der Waals surface area contributed by atoms with Crippen LogP contribution in [0.5, 0.6) is 0 Å². The number of carbonyl (C=O) groups is 1. The summed E-state index contributed by atoms with van der Waals surface area (Å²) < 4.78 is 0. The molecule has 2 N–H and O–H groups in total. The number of halogens is 2. The number of rotatable bonds is 3. The van der Waals surface area contributed by atoms with Gasteiger partial charge >= 0.3 is 0 Å². The molecule has 1 heterocycles. The normalized spacial score (nSPS) is 33.7. The molecule has 0 radical (unpaired) electrons. The van der Waals surface area contributed by atoms with Crippen LogP contribution in [0.15, 0.2) is 0 Å². The molecule has 0 spiro atoms. The number of nitrogens with two attached hydrogens (primary N) is 1. The summed E-state index contributed by atoms with van der Waals surface area (Å²) in [5, 5.41) is 0. The Kier molecular flexibility index (Phi) is 9.52. The third-order valence-electron chi connectivity index (χ3n) is 6.65. The molecule has 3 aliphatic rings. The minimum absolute atomic E-state index is 0. The lowest BCUT2D eigenvalue weighted by atomic mass is 9.79. The van der Waals surface area contributed by atoms with Crippen LogP contribution in [-0.4, -0.2) is 54.0 Å². The number of carbonyl (C=O) groups excluding carboxylic acids is 1. The Hall–Kier alpha value is -0.0300. The van der Waals surface area contributed by atoms with Gasteiger partial charge in [-0.2, -0.15) is 0 Å². The molecule has 2 aliphatic carbocycles. The largest absolute Gasteiger partial charge is 0.340 e. The van der Waals surface area contributed by atoms with Crippen molar-refractivity contribution in [2.75, 3.05) is 26.2 Å². The molecule has 148 valence electrons. The lowest BCUT2D eigenvalue weighted by Gasteiger charge is -2.43. The summed E-state index contributed by atoms with van der Waals surface area (Å²) in [6, 6.07) is 1.02.